The van der Waals surface area contributed by atoms with Gasteiger partial charge >= 0.3 is 21.4 Å². The van der Waals surface area contributed by atoms with Crippen LogP contribution in [0.3, 0.4) is 0 Å². The number of rotatable bonds is 3. The molecular weight excluding hydrogens is 339 g/mol. The lowest BCUT2D eigenvalue weighted by molar-refractivity contribution is 0.309. The lowest BCUT2D eigenvalue weighted by Gasteiger charge is -2.32. The molecule has 4 rings (SSSR count). The first-order valence-corrected chi connectivity index (χ1v) is 8.63. The molecular formula is C18H18B3N3O3. The number of para-hydroxylation sites is 3. The molecule has 1 aliphatic rings. The van der Waals surface area contributed by atoms with Crippen molar-refractivity contribution in [1.82, 2.24) is 0 Å². The number of hydrogen-bond donors (Lipinski definition) is 3. The molecule has 1 fully saturated rings. The van der Waals surface area contributed by atoms with Gasteiger partial charge in [0, 0.05) is 33.5 Å². The van der Waals surface area contributed by atoms with Gasteiger partial charge in [-0.05, 0) is 18.2 Å². The van der Waals surface area contributed by atoms with Gasteiger partial charge < -0.3 is 30.9 Å². The Morgan fingerprint density at radius 2 is 0.704 bits per heavy atom. The summed E-state index contributed by atoms with van der Waals surface area (Å²) in [5.74, 6) is 0. The van der Waals surface area contributed by atoms with Crippen molar-refractivity contribution in [2.24, 2.45) is 0 Å². The van der Waals surface area contributed by atoms with Crippen LogP contribution in [0.2, 0.25) is 0 Å². The quantitative estimate of drug-likeness (QED) is 0.450. The van der Waals surface area contributed by atoms with Crippen molar-refractivity contribution >= 4 is 54.8 Å². The van der Waals surface area contributed by atoms with Gasteiger partial charge in [-0.15, -0.1) is 0 Å². The molecule has 3 aromatic carbocycles. The SMILES string of the molecule is Nc1ccccc1B1OB(c2ccccc2N)OB(c2ccccc2N)O1. The third-order valence-corrected chi connectivity index (χ3v) is 4.49. The van der Waals surface area contributed by atoms with Gasteiger partial charge in [-0.3, -0.25) is 0 Å². The maximum atomic E-state index is 6.13. The van der Waals surface area contributed by atoms with E-state index in [4.69, 9.17) is 30.9 Å². The van der Waals surface area contributed by atoms with E-state index in [2.05, 4.69) is 0 Å². The second-order valence-corrected chi connectivity index (χ2v) is 6.29. The van der Waals surface area contributed by atoms with E-state index < -0.39 is 21.4 Å². The molecule has 0 saturated carbocycles. The normalized spacial score (nSPS) is 14.4. The summed E-state index contributed by atoms with van der Waals surface area (Å²) in [5, 5.41) is 0. The standard InChI is InChI=1S/C18H18B3N3O3/c22-16-10-4-1-7-13(16)19-25-20(14-8-2-5-11-17(14)23)27-21(26-19)15-9-3-6-12-18(15)24/h1-12H,22-24H2. The van der Waals surface area contributed by atoms with Gasteiger partial charge in [0.2, 0.25) is 0 Å². The third kappa shape index (κ3) is 3.53. The Morgan fingerprint density at radius 3 is 0.963 bits per heavy atom. The van der Waals surface area contributed by atoms with E-state index in [1.165, 1.54) is 0 Å². The Bertz CT molecular complexity index is 831. The summed E-state index contributed by atoms with van der Waals surface area (Å²) in [7, 11) is -2.18. The van der Waals surface area contributed by atoms with Crippen LogP contribution in [0.4, 0.5) is 17.1 Å². The highest BCUT2D eigenvalue weighted by atomic mass is 16.7. The molecule has 9 heteroatoms. The summed E-state index contributed by atoms with van der Waals surface area (Å²) >= 11 is 0. The molecule has 0 unspecified atom stereocenters. The summed E-state index contributed by atoms with van der Waals surface area (Å²) in [6.07, 6.45) is 0. The third-order valence-electron chi connectivity index (χ3n) is 4.49. The van der Waals surface area contributed by atoms with Crippen LogP contribution in [0.25, 0.3) is 0 Å². The van der Waals surface area contributed by atoms with Crippen LogP contribution in [0.5, 0.6) is 0 Å². The van der Waals surface area contributed by atoms with Crippen molar-refractivity contribution in [1.29, 1.82) is 0 Å². The second-order valence-electron chi connectivity index (χ2n) is 6.29. The van der Waals surface area contributed by atoms with Crippen molar-refractivity contribution in [3.05, 3.63) is 72.8 Å². The number of nitrogens with two attached hydrogens (primary N) is 3. The van der Waals surface area contributed by atoms with E-state index in [9.17, 15) is 0 Å². The zero-order chi connectivity index (χ0) is 18.8. The summed E-state index contributed by atoms with van der Waals surface area (Å²) in [4.78, 5) is 0. The molecule has 0 radical (unpaired) electrons. The van der Waals surface area contributed by atoms with Crippen LogP contribution in [0, 0.1) is 0 Å². The Morgan fingerprint density at radius 1 is 0.444 bits per heavy atom. The lowest BCUT2D eigenvalue weighted by Crippen LogP contribution is -2.62. The smallest absolute Gasteiger partial charge is 0.444 e. The number of hydrogen-bond acceptors (Lipinski definition) is 6. The summed E-state index contributed by atoms with van der Waals surface area (Å²) in [6, 6.07) is 22.2. The number of benzene rings is 3. The largest absolute Gasteiger partial charge is 0.469 e. The fraction of sp³-hybridized carbons (Fsp3) is 0. The molecule has 0 atom stereocenters. The molecule has 1 aliphatic heterocycles. The minimum atomic E-state index is -0.728. The van der Waals surface area contributed by atoms with Gasteiger partial charge in [-0.25, -0.2) is 0 Å². The zero-order valence-corrected chi connectivity index (χ0v) is 14.6. The van der Waals surface area contributed by atoms with Crippen LogP contribution in [0.15, 0.2) is 72.8 Å². The van der Waals surface area contributed by atoms with Crippen molar-refractivity contribution < 1.29 is 13.7 Å². The van der Waals surface area contributed by atoms with Crippen LogP contribution >= 0.6 is 0 Å². The monoisotopic (exact) mass is 357 g/mol. The van der Waals surface area contributed by atoms with Crippen LogP contribution in [-0.4, -0.2) is 21.4 Å². The molecule has 27 heavy (non-hydrogen) atoms. The fourth-order valence-electron chi connectivity index (χ4n) is 3.05. The van der Waals surface area contributed by atoms with Gasteiger partial charge in [-0.2, -0.15) is 0 Å². The van der Waals surface area contributed by atoms with Crippen LogP contribution in [0.1, 0.15) is 0 Å². The molecule has 3 aromatic rings. The molecule has 0 aliphatic carbocycles. The lowest BCUT2D eigenvalue weighted by atomic mass is 9.60. The highest BCUT2D eigenvalue weighted by Gasteiger charge is 2.45. The van der Waals surface area contributed by atoms with Crippen molar-refractivity contribution in [2.75, 3.05) is 17.2 Å². The molecule has 0 aromatic heterocycles. The summed E-state index contributed by atoms with van der Waals surface area (Å²) in [6.45, 7) is 0. The molecule has 1 saturated heterocycles. The highest BCUT2D eigenvalue weighted by molar-refractivity contribution is 6.88. The minimum Gasteiger partial charge on any atom is -0.444 e. The first kappa shape index (κ1) is 17.5. The predicted molar refractivity (Wildman–Crippen MR) is 112 cm³/mol. The van der Waals surface area contributed by atoms with Crippen LogP contribution < -0.4 is 33.6 Å². The molecule has 0 amide bonds. The molecule has 6 nitrogen and oxygen atoms in total. The van der Waals surface area contributed by atoms with Gasteiger partial charge in [0.1, 0.15) is 0 Å². The average molecular weight is 357 g/mol. The van der Waals surface area contributed by atoms with Gasteiger partial charge in [0.05, 0.1) is 0 Å². The summed E-state index contributed by atoms with van der Waals surface area (Å²) < 4.78 is 18.2. The van der Waals surface area contributed by atoms with Crippen molar-refractivity contribution in [3.8, 4) is 0 Å². The van der Waals surface area contributed by atoms with E-state index in [1.807, 2.05) is 54.6 Å². The molecule has 0 spiro atoms. The maximum absolute atomic E-state index is 6.13. The van der Waals surface area contributed by atoms with E-state index >= 15 is 0 Å². The van der Waals surface area contributed by atoms with E-state index in [1.54, 1.807) is 18.2 Å². The van der Waals surface area contributed by atoms with Gasteiger partial charge in [0.25, 0.3) is 0 Å². The second kappa shape index (κ2) is 7.40. The zero-order valence-electron chi connectivity index (χ0n) is 14.6. The average Bonchev–Trinajstić information content (AvgIpc) is 2.69. The maximum Gasteiger partial charge on any atom is 0.469 e. The molecule has 6 N–H and O–H groups in total. The van der Waals surface area contributed by atoms with Gasteiger partial charge in [0.15, 0.2) is 0 Å². The Balaban J connectivity index is 1.74. The molecule has 1 heterocycles. The Kier molecular flexibility index (Phi) is 4.81. The Hall–Kier alpha value is -2.87. The fourth-order valence-corrected chi connectivity index (χ4v) is 3.05. The van der Waals surface area contributed by atoms with Crippen molar-refractivity contribution in [3.63, 3.8) is 0 Å². The Labute approximate surface area is 159 Å². The van der Waals surface area contributed by atoms with Crippen LogP contribution in [-0.2, 0) is 13.7 Å². The van der Waals surface area contributed by atoms with E-state index in [0.717, 1.165) is 16.4 Å². The van der Waals surface area contributed by atoms with Crippen molar-refractivity contribution in [2.45, 2.75) is 0 Å². The first-order chi connectivity index (χ1) is 13.1. The van der Waals surface area contributed by atoms with E-state index in [0.29, 0.717) is 17.1 Å². The van der Waals surface area contributed by atoms with E-state index in [-0.39, 0.29) is 0 Å². The number of anilines is 3. The molecule has 0 bridgehead atoms. The summed E-state index contributed by atoms with van der Waals surface area (Å²) in [5.41, 5.74) is 22.3. The topological polar surface area (TPSA) is 106 Å². The number of nitrogen functional groups attached to an aromatic ring is 3. The predicted octanol–water partition coefficient (Wildman–Crippen LogP) is -0.0174. The first-order valence-electron chi connectivity index (χ1n) is 8.63. The van der Waals surface area contributed by atoms with Gasteiger partial charge in [-0.1, -0.05) is 54.6 Å². The highest BCUT2D eigenvalue weighted by Crippen LogP contribution is 2.15. The minimum absolute atomic E-state index is 0.573. The molecule has 132 valence electrons.